The van der Waals surface area contributed by atoms with Crippen LogP contribution >= 0.6 is 0 Å². The van der Waals surface area contributed by atoms with Gasteiger partial charge in [-0.05, 0) is 6.42 Å². The van der Waals surface area contributed by atoms with Crippen LogP contribution in [0.1, 0.15) is 32.9 Å². The number of aliphatic hydroxyl groups excluding tert-OH is 2. The number of ether oxygens (including phenoxy) is 1. The van der Waals surface area contributed by atoms with E-state index in [-0.39, 0.29) is 29.6 Å². The van der Waals surface area contributed by atoms with E-state index in [1.165, 1.54) is 4.57 Å². The van der Waals surface area contributed by atoms with E-state index in [1.54, 1.807) is 6.92 Å². The lowest BCUT2D eigenvalue weighted by Gasteiger charge is -2.16. The van der Waals surface area contributed by atoms with E-state index < -0.39 is 29.7 Å². The van der Waals surface area contributed by atoms with Crippen molar-refractivity contribution in [2.24, 2.45) is 5.92 Å². The summed E-state index contributed by atoms with van der Waals surface area (Å²) in [6, 6.07) is 0. The Morgan fingerprint density at radius 2 is 2.12 bits per heavy atom. The van der Waals surface area contributed by atoms with Gasteiger partial charge in [0.25, 0.3) is 5.56 Å². The zero-order chi connectivity index (χ0) is 18.3. The molecule has 0 spiro atoms. The van der Waals surface area contributed by atoms with Crippen LogP contribution in [0.4, 0.5) is 5.95 Å². The van der Waals surface area contributed by atoms with E-state index in [4.69, 9.17) is 10.5 Å². The molecule has 1 aliphatic rings. The fourth-order valence-electron chi connectivity index (χ4n) is 3.24. The summed E-state index contributed by atoms with van der Waals surface area (Å²) in [7, 11) is 0. The fourth-order valence-corrected chi connectivity index (χ4v) is 3.24. The molecule has 3 heterocycles. The van der Waals surface area contributed by atoms with Gasteiger partial charge in [-0.3, -0.25) is 14.3 Å². The van der Waals surface area contributed by atoms with Crippen LogP contribution in [0.5, 0.6) is 0 Å². The Morgan fingerprint density at radius 3 is 2.72 bits per heavy atom. The molecule has 0 saturated carbocycles. The number of aliphatic hydroxyl groups is 2. The highest BCUT2D eigenvalue weighted by molar-refractivity contribution is 5.71. The number of hydrogen-bond acceptors (Lipinski definition) is 7. The average Bonchev–Trinajstić information content (AvgIpc) is 3.00. The molecular formula is C15H23N5O5. The third kappa shape index (κ3) is 2.75. The van der Waals surface area contributed by atoms with Gasteiger partial charge in [-0.1, -0.05) is 20.3 Å². The summed E-state index contributed by atoms with van der Waals surface area (Å²) >= 11 is 0. The van der Waals surface area contributed by atoms with E-state index >= 15 is 0 Å². The van der Waals surface area contributed by atoms with Crippen LogP contribution in [0, 0.1) is 5.92 Å². The topological polar surface area (TPSA) is 148 Å². The van der Waals surface area contributed by atoms with Gasteiger partial charge >= 0.3 is 5.69 Å². The Balaban J connectivity index is 2.23. The number of hydrogen-bond donors (Lipinski definition) is 4. The quantitative estimate of drug-likeness (QED) is 0.547. The molecular weight excluding hydrogens is 330 g/mol. The monoisotopic (exact) mass is 353 g/mol. The maximum atomic E-state index is 12.9. The van der Waals surface area contributed by atoms with Gasteiger partial charge in [0.1, 0.15) is 6.10 Å². The first kappa shape index (κ1) is 17.6. The van der Waals surface area contributed by atoms with Gasteiger partial charge in [-0.25, -0.2) is 9.36 Å². The molecule has 3 rings (SSSR count). The van der Waals surface area contributed by atoms with Crippen LogP contribution in [0.3, 0.4) is 0 Å². The zero-order valence-corrected chi connectivity index (χ0v) is 14.2. The van der Waals surface area contributed by atoms with Crippen molar-refractivity contribution in [1.82, 2.24) is 19.1 Å². The summed E-state index contributed by atoms with van der Waals surface area (Å²) in [5.74, 6) is -0.506. The molecule has 10 nitrogen and oxygen atoms in total. The number of fused-ring (bicyclic) bond motifs is 1. The second-order valence-corrected chi connectivity index (χ2v) is 6.38. The highest BCUT2D eigenvalue weighted by Gasteiger charge is 2.43. The number of H-pyrrole nitrogens is 1. The molecule has 2 aromatic rings. The van der Waals surface area contributed by atoms with Crippen molar-refractivity contribution in [2.45, 2.75) is 51.7 Å². The molecule has 0 bridgehead atoms. The average molecular weight is 353 g/mol. The Bertz CT molecular complexity index is 885. The molecule has 2 aromatic heterocycles. The molecule has 0 aliphatic carbocycles. The van der Waals surface area contributed by atoms with Crippen molar-refractivity contribution in [3.8, 4) is 0 Å². The largest absolute Gasteiger partial charge is 0.394 e. The van der Waals surface area contributed by atoms with Crippen LogP contribution in [0.25, 0.3) is 11.2 Å². The molecule has 4 unspecified atom stereocenters. The second kappa shape index (κ2) is 6.62. The SMILES string of the molecule is CCCCn1c(=O)n(C2OC(CO)C(C)C2O)c2nc(N)[nH]c(=O)c21. The molecule has 0 amide bonds. The number of nitrogen functional groups attached to an aromatic ring is 1. The lowest BCUT2D eigenvalue weighted by Crippen LogP contribution is -2.33. The lowest BCUT2D eigenvalue weighted by atomic mass is 10.0. The molecule has 0 aromatic carbocycles. The molecule has 25 heavy (non-hydrogen) atoms. The summed E-state index contributed by atoms with van der Waals surface area (Å²) in [5.41, 5.74) is 4.78. The summed E-state index contributed by atoms with van der Waals surface area (Å²) in [6.07, 6.45) is -1.14. The Morgan fingerprint density at radius 1 is 1.40 bits per heavy atom. The summed E-state index contributed by atoms with van der Waals surface area (Å²) < 4.78 is 8.15. The van der Waals surface area contributed by atoms with E-state index in [0.717, 1.165) is 11.0 Å². The minimum atomic E-state index is -1.04. The molecule has 5 N–H and O–H groups in total. The van der Waals surface area contributed by atoms with Gasteiger partial charge < -0.3 is 20.7 Å². The number of nitrogens with two attached hydrogens (primary N) is 1. The van der Waals surface area contributed by atoms with E-state index in [9.17, 15) is 19.8 Å². The molecule has 1 aliphatic heterocycles. The Labute approximate surface area is 142 Å². The smallest absolute Gasteiger partial charge is 0.332 e. The first-order chi connectivity index (χ1) is 11.9. The van der Waals surface area contributed by atoms with Crippen molar-refractivity contribution in [2.75, 3.05) is 12.3 Å². The Kier molecular flexibility index (Phi) is 4.67. The highest BCUT2D eigenvalue weighted by atomic mass is 16.5. The van der Waals surface area contributed by atoms with E-state index in [2.05, 4.69) is 9.97 Å². The van der Waals surface area contributed by atoms with Crippen LogP contribution in [-0.2, 0) is 11.3 Å². The molecule has 4 atom stereocenters. The standard InChI is InChI=1S/C15H23N5O5/c1-3-4-5-19-9-11(17-14(16)18-12(9)23)20(15(19)24)13-10(22)7(2)8(6-21)25-13/h7-8,10,13,21-22H,3-6H2,1-2H3,(H3,16,17,18,23). The summed E-state index contributed by atoms with van der Waals surface area (Å²) in [5, 5.41) is 19.9. The van der Waals surface area contributed by atoms with Crippen molar-refractivity contribution in [3.05, 3.63) is 20.8 Å². The maximum absolute atomic E-state index is 12.9. The first-order valence-corrected chi connectivity index (χ1v) is 8.35. The van der Waals surface area contributed by atoms with Gasteiger partial charge in [-0.15, -0.1) is 0 Å². The number of nitrogens with zero attached hydrogens (tertiary/aromatic N) is 3. The van der Waals surface area contributed by atoms with E-state index in [1.807, 2.05) is 6.92 Å². The summed E-state index contributed by atoms with van der Waals surface area (Å²) in [6.45, 7) is 3.76. The number of anilines is 1. The number of aromatic amines is 1. The number of nitrogens with one attached hydrogen (secondary N) is 1. The van der Waals surface area contributed by atoms with Gasteiger partial charge in [-0.2, -0.15) is 4.98 Å². The van der Waals surface area contributed by atoms with Crippen LogP contribution < -0.4 is 17.0 Å². The molecule has 0 radical (unpaired) electrons. The fraction of sp³-hybridized carbons (Fsp3) is 0.667. The minimum Gasteiger partial charge on any atom is -0.394 e. The summed E-state index contributed by atoms with van der Waals surface area (Å²) in [4.78, 5) is 31.8. The highest BCUT2D eigenvalue weighted by Crippen LogP contribution is 2.34. The zero-order valence-electron chi connectivity index (χ0n) is 14.2. The maximum Gasteiger partial charge on any atom is 0.332 e. The number of unbranched alkanes of at least 4 members (excludes halogenated alkanes) is 1. The molecule has 10 heteroatoms. The van der Waals surface area contributed by atoms with Crippen LogP contribution in [0.2, 0.25) is 0 Å². The van der Waals surface area contributed by atoms with Crippen molar-refractivity contribution >= 4 is 17.1 Å². The Hall–Kier alpha value is -2.17. The van der Waals surface area contributed by atoms with Crippen LogP contribution in [-0.4, -0.2) is 48.1 Å². The molecule has 1 saturated heterocycles. The third-order valence-corrected chi connectivity index (χ3v) is 4.73. The van der Waals surface area contributed by atoms with Crippen molar-refractivity contribution in [1.29, 1.82) is 0 Å². The minimum absolute atomic E-state index is 0.0668. The van der Waals surface area contributed by atoms with Gasteiger partial charge in [0.15, 0.2) is 17.4 Å². The van der Waals surface area contributed by atoms with Gasteiger partial charge in [0.2, 0.25) is 5.95 Å². The van der Waals surface area contributed by atoms with Crippen molar-refractivity contribution in [3.63, 3.8) is 0 Å². The predicted molar refractivity (Wildman–Crippen MR) is 90.1 cm³/mol. The van der Waals surface area contributed by atoms with Gasteiger partial charge in [0, 0.05) is 12.5 Å². The normalized spacial score (nSPS) is 26.6. The van der Waals surface area contributed by atoms with Gasteiger partial charge in [0.05, 0.1) is 12.7 Å². The number of imidazole rings is 1. The second-order valence-electron chi connectivity index (χ2n) is 6.38. The lowest BCUT2D eigenvalue weighted by molar-refractivity contribution is -0.0510. The van der Waals surface area contributed by atoms with E-state index in [0.29, 0.717) is 13.0 Å². The molecule has 138 valence electrons. The number of aryl methyl sites for hydroxylation is 1. The number of aromatic nitrogens is 4. The van der Waals surface area contributed by atoms with Crippen LogP contribution in [0.15, 0.2) is 9.59 Å². The van der Waals surface area contributed by atoms with Crippen molar-refractivity contribution < 1.29 is 14.9 Å². The number of rotatable bonds is 5. The first-order valence-electron chi connectivity index (χ1n) is 8.35. The molecule has 1 fully saturated rings. The predicted octanol–water partition coefficient (Wildman–Crippen LogP) is -0.845. The third-order valence-electron chi connectivity index (χ3n) is 4.73.